The van der Waals surface area contributed by atoms with Crippen molar-refractivity contribution in [3.05, 3.63) is 0 Å². The van der Waals surface area contributed by atoms with E-state index < -0.39 is 22.7 Å². The summed E-state index contributed by atoms with van der Waals surface area (Å²) in [6.07, 6.45) is 1.81. The van der Waals surface area contributed by atoms with Gasteiger partial charge in [0, 0.05) is 56.3 Å². The van der Waals surface area contributed by atoms with E-state index in [0.717, 1.165) is 19.3 Å². The van der Waals surface area contributed by atoms with Crippen molar-refractivity contribution < 1.29 is 34.3 Å². The fourth-order valence-electron chi connectivity index (χ4n) is 11.3. The summed E-state index contributed by atoms with van der Waals surface area (Å²) in [6, 6.07) is -0.267. The molecule has 1 spiro atoms. The fraction of sp³-hybridized carbons (Fsp3) is 1.00. The minimum Gasteiger partial charge on any atom is -0.396 e. The Kier molecular flexibility index (Phi) is 3.99. The topological polar surface area (TPSA) is 101 Å². The summed E-state index contributed by atoms with van der Waals surface area (Å²) in [5.74, 6) is 0.0270. The Morgan fingerprint density at radius 1 is 1.12 bits per heavy atom. The van der Waals surface area contributed by atoms with E-state index in [-0.39, 0.29) is 66.3 Å². The minimum atomic E-state index is -1.49. The van der Waals surface area contributed by atoms with Crippen LogP contribution in [0.1, 0.15) is 32.6 Å². The molecular weight excluding hydrogens is 414 g/mol. The van der Waals surface area contributed by atoms with Crippen molar-refractivity contribution in [3.63, 3.8) is 0 Å². The minimum absolute atomic E-state index is 0.00204. The van der Waals surface area contributed by atoms with Crippen molar-refractivity contribution in [1.29, 1.82) is 0 Å². The second-order valence-corrected chi connectivity index (χ2v) is 11.7. The van der Waals surface area contributed by atoms with E-state index in [9.17, 15) is 15.3 Å². The van der Waals surface area contributed by atoms with Gasteiger partial charge in [-0.1, -0.05) is 6.92 Å². The first-order chi connectivity index (χ1) is 15.4. The molecule has 9 rings (SSSR count). The van der Waals surface area contributed by atoms with E-state index in [1.807, 2.05) is 0 Å². The number of methoxy groups -OCH3 is 3. The van der Waals surface area contributed by atoms with Gasteiger partial charge in [0.05, 0.1) is 37.1 Å². The first-order valence-electron chi connectivity index (χ1n) is 12.4. The molecule has 3 N–H and O–H groups in total. The lowest BCUT2D eigenvalue weighted by atomic mass is 9.41. The molecule has 5 aliphatic carbocycles. The van der Waals surface area contributed by atoms with Crippen LogP contribution in [0.3, 0.4) is 0 Å². The molecule has 9 aliphatic rings. The Morgan fingerprint density at radius 3 is 2.53 bits per heavy atom. The summed E-state index contributed by atoms with van der Waals surface area (Å²) < 4.78 is 25.0. The number of likely N-dealkylation sites (N-methyl/N-ethyl adjacent to an activating group) is 1. The fourth-order valence-corrected chi connectivity index (χ4v) is 11.3. The van der Waals surface area contributed by atoms with E-state index in [4.69, 9.17) is 18.9 Å². The molecule has 0 aromatic carbocycles. The summed E-state index contributed by atoms with van der Waals surface area (Å²) in [7, 11) is 5.08. The predicted octanol–water partition coefficient (Wildman–Crippen LogP) is -0.0191. The zero-order valence-electron chi connectivity index (χ0n) is 19.4. The molecule has 180 valence electrons. The SMILES string of the molecule is CCN1C2O[C@H]3CC[C@]2(CO)[C@H]2[C@H](OC)[C@@]4(O)C1[C@@]32[C@@H]1C[C@H]2[C@H](OC)[C@@H]1[C@]4(O)C[C@@H]2OC. The van der Waals surface area contributed by atoms with E-state index >= 15 is 0 Å². The van der Waals surface area contributed by atoms with Crippen LogP contribution in [0.15, 0.2) is 0 Å². The average molecular weight is 452 g/mol. The second-order valence-electron chi connectivity index (χ2n) is 11.7. The van der Waals surface area contributed by atoms with E-state index in [1.54, 1.807) is 21.3 Å². The van der Waals surface area contributed by atoms with Crippen molar-refractivity contribution >= 4 is 0 Å². The lowest BCUT2D eigenvalue weighted by molar-refractivity contribution is -0.410. The molecule has 4 saturated heterocycles. The summed E-state index contributed by atoms with van der Waals surface area (Å²) in [4.78, 5) is 2.27. The number of aliphatic hydroxyl groups excluding tert-OH is 1. The molecule has 0 aromatic heterocycles. The molecule has 4 aliphatic heterocycles. The van der Waals surface area contributed by atoms with Crippen molar-refractivity contribution in [2.45, 2.75) is 80.5 Å². The van der Waals surface area contributed by atoms with E-state index in [2.05, 4.69) is 11.8 Å². The Labute approximate surface area is 189 Å². The molecule has 8 heteroatoms. The molecule has 2 unspecified atom stereocenters. The first kappa shape index (κ1) is 21.0. The van der Waals surface area contributed by atoms with Crippen molar-refractivity contribution in [1.82, 2.24) is 4.90 Å². The molecule has 8 nitrogen and oxygen atoms in total. The predicted molar refractivity (Wildman–Crippen MR) is 111 cm³/mol. The summed E-state index contributed by atoms with van der Waals surface area (Å²) >= 11 is 0. The molecule has 9 bridgehead atoms. The third-order valence-electron chi connectivity index (χ3n) is 11.7. The Morgan fingerprint density at radius 2 is 1.91 bits per heavy atom. The van der Waals surface area contributed by atoms with Crippen molar-refractivity contribution in [3.8, 4) is 0 Å². The van der Waals surface area contributed by atoms with Gasteiger partial charge < -0.3 is 34.3 Å². The largest absolute Gasteiger partial charge is 0.396 e. The van der Waals surface area contributed by atoms with Crippen LogP contribution in [-0.2, 0) is 18.9 Å². The van der Waals surface area contributed by atoms with Gasteiger partial charge in [-0.3, -0.25) is 4.90 Å². The van der Waals surface area contributed by atoms with E-state index in [0.29, 0.717) is 13.0 Å². The van der Waals surface area contributed by atoms with Gasteiger partial charge in [0.1, 0.15) is 17.4 Å². The third kappa shape index (κ3) is 1.68. The van der Waals surface area contributed by atoms with Crippen LogP contribution in [0.4, 0.5) is 0 Å². The standard InChI is InChI=1S/C24H37NO7/c1-5-25-19-23-12-8-11-13(29-2)9-22(27,15(12)16(11)30-3)24(19,28)18(31-4)17(23)21(10-26)7-6-14(23)32-20(21)25/h11-20,26-28H,5-10H2,1-4H3/t11-,12-,13+,14+,15-,16+,17-,18+,19?,20?,21+,22-,23+,24-/m1/s1. The zero-order chi connectivity index (χ0) is 22.4. The zero-order valence-corrected chi connectivity index (χ0v) is 19.4. The lowest BCUT2D eigenvalue weighted by Crippen LogP contribution is -2.86. The number of fused-ring (bicyclic) bond motifs is 3. The molecule has 0 radical (unpaired) electrons. The highest BCUT2D eigenvalue weighted by atomic mass is 16.5. The molecule has 5 saturated carbocycles. The Balaban J connectivity index is 1.55. The average Bonchev–Trinajstić information content (AvgIpc) is 3.25. The normalized spacial score (nSPS) is 65.7. The van der Waals surface area contributed by atoms with Crippen molar-refractivity contribution in [2.75, 3.05) is 34.5 Å². The maximum Gasteiger partial charge on any atom is 0.136 e. The van der Waals surface area contributed by atoms with Crippen LogP contribution >= 0.6 is 0 Å². The lowest BCUT2D eigenvalue weighted by Gasteiger charge is -2.76. The molecule has 32 heavy (non-hydrogen) atoms. The number of aliphatic hydroxyl groups is 3. The number of rotatable bonds is 5. The van der Waals surface area contributed by atoms with Gasteiger partial charge in [-0.05, 0) is 31.7 Å². The molecular formula is C24H37NO7. The van der Waals surface area contributed by atoms with Gasteiger partial charge >= 0.3 is 0 Å². The van der Waals surface area contributed by atoms with Crippen LogP contribution in [0.2, 0.25) is 0 Å². The third-order valence-corrected chi connectivity index (χ3v) is 11.7. The Bertz CT molecular complexity index is 843. The van der Waals surface area contributed by atoms with Gasteiger partial charge in [0.25, 0.3) is 0 Å². The van der Waals surface area contributed by atoms with E-state index in [1.165, 1.54) is 0 Å². The highest BCUT2D eigenvalue weighted by molar-refractivity contribution is 5.43. The van der Waals surface area contributed by atoms with Crippen LogP contribution in [0.5, 0.6) is 0 Å². The summed E-state index contributed by atoms with van der Waals surface area (Å²) in [5.41, 5.74) is -3.77. The van der Waals surface area contributed by atoms with Gasteiger partial charge in [0.2, 0.25) is 0 Å². The smallest absolute Gasteiger partial charge is 0.136 e. The van der Waals surface area contributed by atoms with Crippen LogP contribution in [0, 0.1) is 34.5 Å². The van der Waals surface area contributed by atoms with Gasteiger partial charge in [-0.15, -0.1) is 0 Å². The number of nitrogens with zero attached hydrogens (tertiary/aromatic N) is 1. The molecule has 0 aromatic rings. The van der Waals surface area contributed by atoms with Crippen LogP contribution in [-0.4, -0.2) is 103 Å². The van der Waals surface area contributed by atoms with Gasteiger partial charge in [-0.2, -0.15) is 0 Å². The highest BCUT2D eigenvalue weighted by Crippen LogP contribution is 2.83. The van der Waals surface area contributed by atoms with Gasteiger partial charge in [-0.25, -0.2) is 0 Å². The van der Waals surface area contributed by atoms with Crippen LogP contribution in [0.25, 0.3) is 0 Å². The summed E-state index contributed by atoms with van der Waals surface area (Å²) in [5, 5.41) is 36.4. The second kappa shape index (κ2) is 6.08. The molecule has 9 fully saturated rings. The molecule has 14 atom stereocenters. The van der Waals surface area contributed by atoms with Gasteiger partial charge in [0.15, 0.2) is 0 Å². The monoisotopic (exact) mass is 451 g/mol. The van der Waals surface area contributed by atoms with Crippen LogP contribution < -0.4 is 0 Å². The molecule has 0 amide bonds. The number of piperidine rings is 1. The number of ether oxygens (including phenoxy) is 4. The maximum absolute atomic E-state index is 12.9. The highest BCUT2D eigenvalue weighted by Gasteiger charge is 2.94. The quantitative estimate of drug-likeness (QED) is 0.536. The molecule has 4 heterocycles. The maximum atomic E-state index is 12.9. The van der Waals surface area contributed by atoms with Crippen molar-refractivity contribution in [2.24, 2.45) is 34.5 Å². The number of hydrogen-bond acceptors (Lipinski definition) is 8. The summed E-state index contributed by atoms with van der Waals surface area (Å²) in [6.45, 7) is 2.79. The Hall–Kier alpha value is -0.320. The first-order valence-corrected chi connectivity index (χ1v) is 12.4. The number of hydrogen-bond donors (Lipinski definition) is 3.